The van der Waals surface area contributed by atoms with Gasteiger partial charge in [0.05, 0.1) is 16.8 Å². The van der Waals surface area contributed by atoms with Crippen molar-refractivity contribution in [2.24, 2.45) is 5.41 Å². The molecule has 1 aromatic carbocycles. The number of halogens is 3. The van der Waals surface area contributed by atoms with E-state index < -0.39 is 11.7 Å². The summed E-state index contributed by atoms with van der Waals surface area (Å²) < 4.78 is 38.0. The molecule has 2 rings (SSSR count). The van der Waals surface area contributed by atoms with Crippen molar-refractivity contribution in [3.8, 4) is 6.07 Å². The number of nitrogens with zero attached hydrogens (tertiary/aromatic N) is 2. The van der Waals surface area contributed by atoms with E-state index in [2.05, 4.69) is 13.8 Å². The summed E-state index contributed by atoms with van der Waals surface area (Å²) in [5.41, 5.74) is 0.195. The normalized spacial score (nSPS) is 18.7. The van der Waals surface area contributed by atoms with E-state index in [0.29, 0.717) is 5.69 Å². The quantitative estimate of drug-likeness (QED) is 0.771. The predicted molar refractivity (Wildman–Crippen MR) is 71.4 cm³/mol. The zero-order valence-electron chi connectivity index (χ0n) is 11.6. The van der Waals surface area contributed by atoms with Gasteiger partial charge in [-0.3, -0.25) is 0 Å². The lowest BCUT2D eigenvalue weighted by Crippen LogP contribution is -2.37. The van der Waals surface area contributed by atoms with E-state index in [0.717, 1.165) is 38.1 Å². The van der Waals surface area contributed by atoms with Gasteiger partial charge in [-0.15, -0.1) is 0 Å². The number of benzene rings is 1. The molecule has 0 unspecified atom stereocenters. The summed E-state index contributed by atoms with van der Waals surface area (Å²) in [4.78, 5) is 2.00. The Morgan fingerprint density at radius 1 is 1.20 bits per heavy atom. The number of rotatable bonds is 1. The van der Waals surface area contributed by atoms with Crippen LogP contribution in [0.5, 0.6) is 0 Å². The molecule has 2 nitrogen and oxygen atoms in total. The molecule has 1 aliphatic heterocycles. The summed E-state index contributed by atoms with van der Waals surface area (Å²) in [5, 5.41) is 9.10. The molecule has 1 saturated heterocycles. The van der Waals surface area contributed by atoms with Crippen molar-refractivity contribution in [3.05, 3.63) is 29.3 Å². The molecule has 0 aromatic heterocycles. The van der Waals surface area contributed by atoms with Crippen LogP contribution in [-0.4, -0.2) is 13.1 Å². The van der Waals surface area contributed by atoms with E-state index in [-0.39, 0.29) is 11.0 Å². The van der Waals surface area contributed by atoms with Crippen LogP contribution in [0.4, 0.5) is 18.9 Å². The molecule has 0 atom stereocenters. The van der Waals surface area contributed by atoms with Gasteiger partial charge in [0, 0.05) is 13.1 Å². The van der Waals surface area contributed by atoms with Gasteiger partial charge in [-0.05, 0) is 36.5 Å². The average Bonchev–Trinajstić information content (AvgIpc) is 2.37. The van der Waals surface area contributed by atoms with Crippen molar-refractivity contribution in [3.63, 3.8) is 0 Å². The standard InChI is InChI=1S/C15H17F3N2/c1-14(2)5-7-20(8-6-14)13-4-3-12(15(16,17)18)9-11(13)10-19/h3-4,9H,5-8H2,1-2H3. The van der Waals surface area contributed by atoms with Crippen LogP contribution in [-0.2, 0) is 6.18 Å². The van der Waals surface area contributed by atoms with Crippen LogP contribution < -0.4 is 4.90 Å². The van der Waals surface area contributed by atoms with Crippen LogP contribution in [0.25, 0.3) is 0 Å². The lowest BCUT2D eigenvalue weighted by molar-refractivity contribution is -0.137. The summed E-state index contributed by atoms with van der Waals surface area (Å²) in [7, 11) is 0. The third kappa shape index (κ3) is 3.06. The summed E-state index contributed by atoms with van der Waals surface area (Å²) in [6.07, 6.45) is -2.47. The molecule has 0 spiro atoms. The van der Waals surface area contributed by atoms with Crippen LogP contribution in [0.3, 0.4) is 0 Å². The van der Waals surface area contributed by atoms with Crippen molar-refractivity contribution in [2.75, 3.05) is 18.0 Å². The van der Waals surface area contributed by atoms with Gasteiger partial charge in [0.15, 0.2) is 0 Å². The number of hydrogen-bond donors (Lipinski definition) is 0. The highest BCUT2D eigenvalue weighted by Crippen LogP contribution is 2.36. The molecule has 0 saturated carbocycles. The zero-order valence-corrected chi connectivity index (χ0v) is 11.6. The van der Waals surface area contributed by atoms with Crippen LogP contribution in [0, 0.1) is 16.7 Å². The van der Waals surface area contributed by atoms with Crippen LogP contribution in [0.1, 0.15) is 37.8 Å². The van der Waals surface area contributed by atoms with Crippen LogP contribution in [0.15, 0.2) is 18.2 Å². The molecule has 0 bridgehead atoms. The van der Waals surface area contributed by atoms with Gasteiger partial charge < -0.3 is 4.90 Å². The number of nitriles is 1. The molecular weight excluding hydrogens is 265 g/mol. The molecule has 0 radical (unpaired) electrons. The molecule has 1 aliphatic rings. The lowest BCUT2D eigenvalue weighted by Gasteiger charge is -2.38. The number of alkyl halides is 3. The topological polar surface area (TPSA) is 27.0 Å². The summed E-state index contributed by atoms with van der Waals surface area (Å²) in [6.45, 7) is 5.91. The Hall–Kier alpha value is -1.70. The van der Waals surface area contributed by atoms with E-state index in [9.17, 15) is 13.2 Å². The molecule has 1 heterocycles. The lowest BCUT2D eigenvalue weighted by atomic mass is 9.82. The molecule has 0 N–H and O–H groups in total. The molecule has 0 amide bonds. The third-order valence-corrected chi connectivity index (χ3v) is 3.90. The largest absolute Gasteiger partial charge is 0.416 e. The highest BCUT2D eigenvalue weighted by Gasteiger charge is 2.32. The summed E-state index contributed by atoms with van der Waals surface area (Å²) in [5.74, 6) is 0. The number of piperidine rings is 1. The van der Waals surface area contributed by atoms with E-state index in [4.69, 9.17) is 5.26 Å². The van der Waals surface area contributed by atoms with Gasteiger partial charge in [0.1, 0.15) is 6.07 Å². The van der Waals surface area contributed by atoms with Gasteiger partial charge in [0.25, 0.3) is 0 Å². The highest BCUT2D eigenvalue weighted by atomic mass is 19.4. The summed E-state index contributed by atoms with van der Waals surface area (Å²) >= 11 is 0. The Balaban J connectivity index is 2.28. The second-order valence-corrected chi connectivity index (χ2v) is 5.99. The Bertz CT molecular complexity index is 531. The van der Waals surface area contributed by atoms with Gasteiger partial charge >= 0.3 is 6.18 Å². The first-order valence-electron chi connectivity index (χ1n) is 6.59. The fourth-order valence-corrected chi connectivity index (χ4v) is 2.43. The third-order valence-electron chi connectivity index (χ3n) is 3.90. The van der Waals surface area contributed by atoms with Crippen molar-refractivity contribution in [1.29, 1.82) is 5.26 Å². The van der Waals surface area contributed by atoms with Crippen molar-refractivity contribution >= 4 is 5.69 Å². The summed E-state index contributed by atoms with van der Waals surface area (Å²) in [6, 6.07) is 5.29. The SMILES string of the molecule is CC1(C)CCN(c2ccc(C(F)(F)F)cc2C#N)CC1. The number of anilines is 1. The van der Waals surface area contributed by atoms with Crippen LogP contribution >= 0.6 is 0 Å². The molecular formula is C15H17F3N2. The molecule has 1 aromatic rings. The Morgan fingerprint density at radius 2 is 1.80 bits per heavy atom. The van der Waals surface area contributed by atoms with Crippen molar-refractivity contribution in [1.82, 2.24) is 0 Å². The maximum atomic E-state index is 12.7. The van der Waals surface area contributed by atoms with Gasteiger partial charge in [0.2, 0.25) is 0 Å². The maximum absolute atomic E-state index is 12.7. The second-order valence-electron chi connectivity index (χ2n) is 5.99. The molecule has 5 heteroatoms. The Morgan fingerprint density at radius 3 is 2.30 bits per heavy atom. The van der Waals surface area contributed by atoms with E-state index in [1.165, 1.54) is 6.07 Å². The number of hydrogen-bond acceptors (Lipinski definition) is 2. The van der Waals surface area contributed by atoms with Crippen molar-refractivity contribution in [2.45, 2.75) is 32.9 Å². The Kier molecular flexibility index (Phi) is 3.68. The van der Waals surface area contributed by atoms with Crippen LogP contribution in [0.2, 0.25) is 0 Å². The van der Waals surface area contributed by atoms with E-state index >= 15 is 0 Å². The molecule has 0 aliphatic carbocycles. The molecule has 1 fully saturated rings. The molecule has 108 valence electrons. The van der Waals surface area contributed by atoms with E-state index in [1.807, 2.05) is 11.0 Å². The fraction of sp³-hybridized carbons (Fsp3) is 0.533. The van der Waals surface area contributed by atoms with Gasteiger partial charge in [-0.1, -0.05) is 13.8 Å². The van der Waals surface area contributed by atoms with E-state index in [1.54, 1.807) is 0 Å². The minimum absolute atomic E-state index is 0.0968. The smallest absolute Gasteiger partial charge is 0.370 e. The van der Waals surface area contributed by atoms with Gasteiger partial charge in [-0.25, -0.2) is 0 Å². The maximum Gasteiger partial charge on any atom is 0.416 e. The highest BCUT2D eigenvalue weighted by molar-refractivity contribution is 5.61. The molecule has 20 heavy (non-hydrogen) atoms. The second kappa shape index (κ2) is 5.01. The minimum atomic E-state index is -4.41. The first-order chi connectivity index (χ1) is 9.23. The average molecular weight is 282 g/mol. The minimum Gasteiger partial charge on any atom is -0.370 e. The monoisotopic (exact) mass is 282 g/mol. The Labute approximate surface area is 116 Å². The first-order valence-corrected chi connectivity index (χ1v) is 6.59. The zero-order chi connectivity index (χ0) is 15.0. The first kappa shape index (κ1) is 14.7. The fourth-order valence-electron chi connectivity index (χ4n) is 2.43. The van der Waals surface area contributed by atoms with Gasteiger partial charge in [-0.2, -0.15) is 18.4 Å². The van der Waals surface area contributed by atoms with Crippen molar-refractivity contribution < 1.29 is 13.2 Å². The predicted octanol–water partition coefficient (Wildman–Crippen LogP) is 4.20.